The van der Waals surface area contributed by atoms with E-state index in [1.54, 1.807) is 11.8 Å². The number of hydrogen-bond acceptors (Lipinski definition) is 5. The molecule has 0 aliphatic rings. The summed E-state index contributed by atoms with van der Waals surface area (Å²) in [4.78, 5) is 12.6. The zero-order valence-electron chi connectivity index (χ0n) is 15.6. The fourth-order valence-electron chi connectivity index (χ4n) is 2.94. The second-order valence-corrected chi connectivity index (χ2v) is 8.83. The summed E-state index contributed by atoms with van der Waals surface area (Å²) in [5.74, 6) is 2.13. The topological polar surface area (TPSA) is 54.7 Å². The summed E-state index contributed by atoms with van der Waals surface area (Å²) in [5.41, 5.74) is 6.60. The molecule has 0 aliphatic carbocycles. The van der Waals surface area contributed by atoms with Gasteiger partial charge in [-0.3, -0.25) is 0 Å². The largest absolute Gasteiger partial charge is 0.431 e. The number of fused-ring (bicyclic) bond motifs is 2. The molecule has 1 N–H and O–H groups in total. The normalized spacial score (nSPS) is 11.6. The number of aromatic amines is 1. The van der Waals surface area contributed by atoms with Gasteiger partial charge < -0.3 is 9.40 Å². The van der Waals surface area contributed by atoms with Crippen LogP contribution in [0.1, 0.15) is 30.4 Å². The summed E-state index contributed by atoms with van der Waals surface area (Å²) < 4.78 is 5.73. The molecule has 2 aromatic carbocycles. The van der Waals surface area contributed by atoms with Gasteiger partial charge in [0.15, 0.2) is 10.7 Å². The van der Waals surface area contributed by atoms with E-state index in [4.69, 9.17) is 9.40 Å². The number of unbranched alkanes of at least 4 members (excludes halogenated alkanes) is 2. The summed E-state index contributed by atoms with van der Waals surface area (Å²) in [6.45, 7) is 4.27. The Labute approximate surface area is 167 Å². The number of thioether (sulfide) groups is 2. The molecule has 4 aromatic rings. The van der Waals surface area contributed by atoms with Gasteiger partial charge in [-0.25, -0.2) is 9.97 Å². The van der Waals surface area contributed by atoms with Crippen molar-refractivity contribution in [1.82, 2.24) is 15.0 Å². The lowest BCUT2D eigenvalue weighted by atomic mass is 10.1. The molecule has 0 radical (unpaired) electrons. The van der Waals surface area contributed by atoms with Gasteiger partial charge in [0, 0.05) is 11.5 Å². The molecule has 4 nitrogen and oxygen atoms in total. The summed E-state index contributed by atoms with van der Waals surface area (Å²) in [6, 6.07) is 12.3. The Bertz CT molecular complexity index is 982. The number of nitrogens with one attached hydrogen (secondary N) is 1. The molecule has 140 valence electrons. The molecule has 0 bridgehead atoms. The molecule has 0 unspecified atom stereocenters. The van der Waals surface area contributed by atoms with E-state index in [9.17, 15) is 0 Å². The monoisotopic (exact) mass is 397 g/mol. The van der Waals surface area contributed by atoms with Crippen molar-refractivity contribution in [2.45, 2.75) is 43.5 Å². The minimum absolute atomic E-state index is 0.776. The van der Waals surface area contributed by atoms with Crippen molar-refractivity contribution in [3.05, 3.63) is 47.5 Å². The van der Waals surface area contributed by atoms with Gasteiger partial charge in [0.05, 0.1) is 11.0 Å². The predicted molar refractivity (Wildman–Crippen MR) is 115 cm³/mol. The van der Waals surface area contributed by atoms with Crippen LogP contribution in [0.3, 0.4) is 0 Å². The van der Waals surface area contributed by atoms with E-state index < -0.39 is 0 Å². The van der Waals surface area contributed by atoms with Gasteiger partial charge >= 0.3 is 0 Å². The number of benzene rings is 2. The Morgan fingerprint density at radius 2 is 1.67 bits per heavy atom. The highest BCUT2D eigenvalue weighted by atomic mass is 32.2. The van der Waals surface area contributed by atoms with Crippen LogP contribution in [0, 0.1) is 13.8 Å². The number of aryl methyl sites for hydroxylation is 2. The summed E-state index contributed by atoms with van der Waals surface area (Å²) in [7, 11) is 0. The number of nitrogens with zero attached hydrogens (tertiary/aromatic N) is 2. The van der Waals surface area contributed by atoms with Crippen LogP contribution in [0.25, 0.3) is 22.1 Å². The summed E-state index contributed by atoms with van der Waals surface area (Å²) in [5, 5.41) is 1.80. The maximum Gasteiger partial charge on any atom is 0.256 e. The first-order chi connectivity index (χ1) is 13.2. The predicted octanol–water partition coefficient (Wildman–Crippen LogP) is 6.38. The number of para-hydroxylation sites is 2. The lowest BCUT2D eigenvalue weighted by molar-refractivity contribution is 0.489. The standard InChI is InChI=1S/C21H23N3OS2/c1-14-12-17-18(13-15(14)2)23-20(22-17)26-10-6-3-7-11-27-21-24-16-8-4-5-9-19(16)25-21/h4-5,8-9,12-13H,3,6-7,10-11H2,1-2H3,(H,22,23). The highest BCUT2D eigenvalue weighted by Gasteiger charge is 2.06. The molecule has 0 amide bonds. The SMILES string of the molecule is Cc1cc2nc(SCCCCCSc3nc4ccccc4o3)[nH]c2cc1C. The van der Waals surface area contributed by atoms with Crippen LogP contribution in [0.2, 0.25) is 0 Å². The lowest BCUT2D eigenvalue weighted by Gasteiger charge is -1.99. The van der Waals surface area contributed by atoms with E-state index >= 15 is 0 Å². The molecule has 2 aromatic heterocycles. The summed E-state index contributed by atoms with van der Waals surface area (Å²) in [6.07, 6.45) is 3.56. The molecule has 0 aliphatic heterocycles. The smallest absolute Gasteiger partial charge is 0.256 e. The van der Waals surface area contributed by atoms with Crippen molar-refractivity contribution in [2.24, 2.45) is 0 Å². The zero-order valence-corrected chi connectivity index (χ0v) is 17.3. The molecular formula is C21H23N3OS2. The maximum atomic E-state index is 5.73. The third-order valence-corrected chi connectivity index (χ3v) is 6.48. The van der Waals surface area contributed by atoms with Crippen LogP contribution in [-0.2, 0) is 0 Å². The molecular weight excluding hydrogens is 374 g/mol. The van der Waals surface area contributed by atoms with Gasteiger partial charge in [-0.05, 0) is 62.1 Å². The molecule has 0 fully saturated rings. The van der Waals surface area contributed by atoms with E-state index in [1.165, 1.54) is 30.4 Å². The first-order valence-electron chi connectivity index (χ1n) is 9.27. The molecule has 0 saturated carbocycles. The van der Waals surface area contributed by atoms with E-state index in [-0.39, 0.29) is 0 Å². The van der Waals surface area contributed by atoms with Crippen LogP contribution in [-0.4, -0.2) is 26.5 Å². The van der Waals surface area contributed by atoms with Gasteiger partial charge in [0.25, 0.3) is 5.22 Å². The Hall–Kier alpha value is -1.92. The maximum absolute atomic E-state index is 5.73. The molecule has 4 rings (SSSR count). The van der Waals surface area contributed by atoms with Crippen molar-refractivity contribution in [3.63, 3.8) is 0 Å². The number of aromatic nitrogens is 3. The quantitative estimate of drug-likeness (QED) is 0.276. The number of H-pyrrole nitrogens is 1. The Kier molecular flexibility index (Phi) is 5.74. The van der Waals surface area contributed by atoms with Crippen LogP contribution in [0.5, 0.6) is 0 Å². The minimum Gasteiger partial charge on any atom is -0.431 e. The van der Waals surface area contributed by atoms with Crippen LogP contribution < -0.4 is 0 Å². The number of rotatable bonds is 8. The zero-order chi connectivity index (χ0) is 18.6. The molecule has 27 heavy (non-hydrogen) atoms. The van der Waals surface area contributed by atoms with Gasteiger partial charge in [-0.2, -0.15) is 0 Å². The molecule has 0 saturated heterocycles. The first-order valence-corrected chi connectivity index (χ1v) is 11.2. The van der Waals surface area contributed by atoms with Crippen LogP contribution in [0.4, 0.5) is 0 Å². The molecule has 6 heteroatoms. The molecule has 0 atom stereocenters. The van der Waals surface area contributed by atoms with Gasteiger partial charge in [-0.1, -0.05) is 42.1 Å². The third kappa shape index (κ3) is 4.50. The second-order valence-electron chi connectivity index (χ2n) is 6.70. The highest BCUT2D eigenvalue weighted by molar-refractivity contribution is 7.99. The number of hydrogen-bond donors (Lipinski definition) is 1. The molecule has 0 spiro atoms. The van der Waals surface area contributed by atoms with Crippen LogP contribution >= 0.6 is 23.5 Å². The number of imidazole rings is 1. The first kappa shape index (κ1) is 18.4. The Morgan fingerprint density at radius 3 is 2.52 bits per heavy atom. The van der Waals surface area contributed by atoms with Crippen molar-refractivity contribution in [3.8, 4) is 0 Å². The third-order valence-electron chi connectivity index (χ3n) is 4.60. The van der Waals surface area contributed by atoms with Crippen molar-refractivity contribution >= 4 is 45.7 Å². The van der Waals surface area contributed by atoms with Crippen LogP contribution in [0.15, 0.2) is 51.2 Å². The van der Waals surface area contributed by atoms with Gasteiger partial charge in [-0.15, -0.1) is 0 Å². The van der Waals surface area contributed by atoms with E-state index in [0.717, 1.165) is 44.0 Å². The summed E-state index contributed by atoms with van der Waals surface area (Å²) >= 11 is 3.51. The average molecular weight is 398 g/mol. The second kappa shape index (κ2) is 8.40. The highest BCUT2D eigenvalue weighted by Crippen LogP contribution is 2.25. The number of oxazole rings is 1. The van der Waals surface area contributed by atoms with Crippen molar-refractivity contribution in [2.75, 3.05) is 11.5 Å². The minimum atomic E-state index is 0.776. The van der Waals surface area contributed by atoms with E-state index in [0.29, 0.717) is 0 Å². The van der Waals surface area contributed by atoms with Gasteiger partial charge in [0.2, 0.25) is 0 Å². The van der Waals surface area contributed by atoms with Gasteiger partial charge in [0.1, 0.15) is 5.52 Å². The fourth-order valence-corrected chi connectivity index (χ4v) is 4.66. The average Bonchev–Trinajstić information content (AvgIpc) is 3.24. The lowest BCUT2D eigenvalue weighted by Crippen LogP contribution is -1.85. The van der Waals surface area contributed by atoms with Crippen molar-refractivity contribution in [1.29, 1.82) is 0 Å². The van der Waals surface area contributed by atoms with E-state index in [2.05, 4.69) is 35.9 Å². The Balaban J connectivity index is 1.17. The van der Waals surface area contributed by atoms with E-state index in [1.807, 2.05) is 36.0 Å². The van der Waals surface area contributed by atoms with Crippen molar-refractivity contribution < 1.29 is 4.42 Å². The fraction of sp³-hybridized carbons (Fsp3) is 0.333. The molecule has 2 heterocycles. The Morgan fingerprint density at radius 1 is 0.889 bits per heavy atom.